The van der Waals surface area contributed by atoms with E-state index in [2.05, 4.69) is 0 Å². The summed E-state index contributed by atoms with van der Waals surface area (Å²) >= 11 is 0. The molecule has 0 bridgehead atoms. The van der Waals surface area contributed by atoms with Crippen LogP contribution >= 0.6 is 0 Å². The molecule has 0 amide bonds. The second kappa shape index (κ2) is 7.67. The van der Waals surface area contributed by atoms with Crippen molar-refractivity contribution in [3.8, 4) is 11.8 Å². The third-order valence-corrected chi connectivity index (χ3v) is 2.43. The van der Waals surface area contributed by atoms with Crippen LogP contribution < -0.4 is 4.74 Å². The molecule has 0 aliphatic carbocycles. The first kappa shape index (κ1) is 14.5. The molecule has 0 spiro atoms. The lowest BCUT2D eigenvalue weighted by Gasteiger charge is -2.19. The molecular formula is C13H18N2O3. The summed E-state index contributed by atoms with van der Waals surface area (Å²) in [5.74, 6) is 0.623. The molecule has 0 aliphatic heterocycles. The number of aliphatic hydroxyl groups excluding tert-OH is 2. The zero-order valence-corrected chi connectivity index (χ0v) is 10.4. The summed E-state index contributed by atoms with van der Waals surface area (Å²) in [6.07, 6.45) is -0.614. The van der Waals surface area contributed by atoms with E-state index in [-0.39, 0.29) is 13.2 Å². The van der Waals surface area contributed by atoms with Crippen LogP contribution in [-0.2, 0) is 0 Å². The van der Waals surface area contributed by atoms with Crippen molar-refractivity contribution in [2.75, 3.05) is 33.4 Å². The Balaban J connectivity index is 2.33. The Morgan fingerprint density at radius 3 is 2.61 bits per heavy atom. The van der Waals surface area contributed by atoms with Crippen LogP contribution in [0.1, 0.15) is 5.56 Å². The minimum absolute atomic E-state index is 0.0691. The van der Waals surface area contributed by atoms with Gasteiger partial charge in [-0.05, 0) is 31.3 Å². The topological polar surface area (TPSA) is 76.7 Å². The molecule has 98 valence electrons. The Labute approximate surface area is 107 Å². The average Bonchev–Trinajstić information content (AvgIpc) is 2.37. The first-order valence-electron chi connectivity index (χ1n) is 5.76. The number of nitrogens with zero attached hydrogens (tertiary/aromatic N) is 2. The van der Waals surface area contributed by atoms with E-state index >= 15 is 0 Å². The summed E-state index contributed by atoms with van der Waals surface area (Å²) in [5, 5.41) is 27.1. The molecule has 0 fully saturated rings. The third kappa shape index (κ3) is 5.15. The number of nitriles is 1. The van der Waals surface area contributed by atoms with Crippen LogP contribution in [0, 0.1) is 11.3 Å². The highest BCUT2D eigenvalue weighted by Gasteiger charge is 2.08. The summed E-state index contributed by atoms with van der Waals surface area (Å²) in [5.41, 5.74) is 0.575. The number of ether oxygens (including phenoxy) is 1. The third-order valence-electron chi connectivity index (χ3n) is 2.43. The highest BCUT2D eigenvalue weighted by atomic mass is 16.5. The minimum Gasteiger partial charge on any atom is -0.491 e. The van der Waals surface area contributed by atoms with Crippen molar-refractivity contribution in [1.82, 2.24) is 4.90 Å². The molecular weight excluding hydrogens is 232 g/mol. The molecule has 2 N–H and O–H groups in total. The van der Waals surface area contributed by atoms with Crippen LogP contribution in [0.5, 0.6) is 5.75 Å². The molecule has 0 aromatic heterocycles. The Bertz CT molecular complexity index is 386. The molecule has 1 aromatic rings. The van der Waals surface area contributed by atoms with E-state index in [9.17, 15) is 5.11 Å². The van der Waals surface area contributed by atoms with Gasteiger partial charge in [-0.3, -0.25) is 0 Å². The Morgan fingerprint density at radius 2 is 2.06 bits per heavy atom. The lowest BCUT2D eigenvalue weighted by atomic mass is 10.2. The van der Waals surface area contributed by atoms with Crippen LogP contribution in [0.2, 0.25) is 0 Å². The van der Waals surface area contributed by atoms with E-state index in [0.717, 1.165) is 0 Å². The lowest BCUT2D eigenvalue weighted by molar-refractivity contribution is 0.0711. The van der Waals surface area contributed by atoms with E-state index < -0.39 is 6.10 Å². The molecule has 18 heavy (non-hydrogen) atoms. The first-order valence-corrected chi connectivity index (χ1v) is 5.76. The Kier molecular flexibility index (Phi) is 6.15. The number of hydrogen-bond acceptors (Lipinski definition) is 5. The highest BCUT2D eigenvalue weighted by molar-refractivity contribution is 5.34. The van der Waals surface area contributed by atoms with E-state index in [1.54, 1.807) is 24.3 Å². The molecule has 0 heterocycles. The lowest BCUT2D eigenvalue weighted by Crippen LogP contribution is -2.34. The van der Waals surface area contributed by atoms with Crippen LogP contribution in [-0.4, -0.2) is 54.6 Å². The van der Waals surface area contributed by atoms with Crippen molar-refractivity contribution in [2.24, 2.45) is 0 Å². The Morgan fingerprint density at radius 1 is 1.39 bits per heavy atom. The quantitative estimate of drug-likeness (QED) is 0.724. The Hall–Kier alpha value is -1.61. The van der Waals surface area contributed by atoms with Crippen LogP contribution in [0.15, 0.2) is 24.3 Å². The maximum Gasteiger partial charge on any atom is 0.119 e. The smallest absolute Gasteiger partial charge is 0.119 e. The van der Waals surface area contributed by atoms with Gasteiger partial charge in [0, 0.05) is 13.1 Å². The second-order valence-electron chi connectivity index (χ2n) is 4.09. The van der Waals surface area contributed by atoms with Gasteiger partial charge in [0.15, 0.2) is 0 Å². The van der Waals surface area contributed by atoms with E-state index in [1.165, 1.54) is 0 Å². The second-order valence-corrected chi connectivity index (χ2v) is 4.09. The average molecular weight is 250 g/mol. The van der Waals surface area contributed by atoms with Gasteiger partial charge in [0.05, 0.1) is 18.2 Å². The van der Waals surface area contributed by atoms with E-state index in [0.29, 0.717) is 24.4 Å². The molecule has 1 aromatic carbocycles. The number of hydrogen-bond donors (Lipinski definition) is 2. The fourth-order valence-corrected chi connectivity index (χ4v) is 1.49. The van der Waals surface area contributed by atoms with Gasteiger partial charge >= 0.3 is 0 Å². The molecule has 0 radical (unpaired) electrons. The van der Waals surface area contributed by atoms with Gasteiger partial charge in [0.1, 0.15) is 18.5 Å². The molecule has 0 saturated heterocycles. The van der Waals surface area contributed by atoms with Crippen LogP contribution in [0.3, 0.4) is 0 Å². The number of rotatable bonds is 7. The van der Waals surface area contributed by atoms with Gasteiger partial charge in [-0.25, -0.2) is 0 Å². The fourth-order valence-electron chi connectivity index (χ4n) is 1.49. The molecule has 5 nitrogen and oxygen atoms in total. The summed E-state index contributed by atoms with van der Waals surface area (Å²) in [7, 11) is 1.82. The van der Waals surface area contributed by atoms with Crippen molar-refractivity contribution in [3.05, 3.63) is 29.8 Å². The predicted molar refractivity (Wildman–Crippen MR) is 67.2 cm³/mol. The van der Waals surface area contributed by atoms with Gasteiger partial charge in [0.2, 0.25) is 0 Å². The van der Waals surface area contributed by atoms with Gasteiger partial charge in [0.25, 0.3) is 0 Å². The zero-order chi connectivity index (χ0) is 13.4. The normalized spacial score (nSPS) is 12.2. The highest BCUT2D eigenvalue weighted by Crippen LogP contribution is 2.11. The SMILES string of the molecule is CN(CCO)C[C@@H](O)COc1ccc(C#N)cc1. The number of benzene rings is 1. The van der Waals surface area contributed by atoms with Crippen molar-refractivity contribution in [2.45, 2.75) is 6.10 Å². The molecule has 0 aliphatic rings. The van der Waals surface area contributed by atoms with Gasteiger partial charge < -0.3 is 19.8 Å². The molecule has 1 rings (SSSR count). The van der Waals surface area contributed by atoms with Crippen molar-refractivity contribution in [1.29, 1.82) is 5.26 Å². The maximum absolute atomic E-state index is 9.71. The molecule has 0 unspecified atom stereocenters. The van der Waals surface area contributed by atoms with Gasteiger partial charge in [-0.2, -0.15) is 5.26 Å². The van der Waals surface area contributed by atoms with Gasteiger partial charge in [-0.1, -0.05) is 0 Å². The largest absolute Gasteiger partial charge is 0.491 e. The van der Waals surface area contributed by atoms with Crippen LogP contribution in [0.25, 0.3) is 0 Å². The summed E-state index contributed by atoms with van der Waals surface area (Å²) in [6, 6.07) is 8.75. The molecule has 0 saturated carbocycles. The van der Waals surface area contributed by atoms with Crippen molar-refractivity contribution in [3.63, 3.8) is 0 Å². The number of aliphatic hydroxyl groups is 2. The summed E-state index contributed by atoms with van der Waals surface area (Å²) in [4.78, 5) is 1.83. The zero-order valence-electron chi connectivity index (χ0n) is 10.4. The number of likely N-dealkylation sites (N-methyl/N-ethyl adjacent to an activating group) is 1. The molecule has 5 heteroatoms. The summed E-state index contributed by atoms with van der Waals surface area (Å²) < 4.78 is 5.40. The van der Waals surface area contributed by atoms with Crippen LogP contribution in [0.4, 0.5) is 0 Å². The minimum atomic E-state index is -0.614. The van der Waals surface area contributed by atoms with E-state index in [1.807, 2.05) is 18.0 Å². The van der Waals surface area contributed by atoms with E-state index in [4.69, 9.17) is 15.1 Å². The van der Waals surface area contributed by atoms with Crippen molar-refractivity contribution >= 4 is 0 Å². The predicted octanol–water partition coefficient (Wildman–Crippen LogP) is 0.222. The fraction of sp³-hybridized carbons (Fsp3) is 0.462. The maximum atomic E-state index is 9.71. The monoisotopic (exact) mass is 250 g/mol. The summed E-state index contributed by atoms with van der Waals surface area (Å²) in [6.45, 7) is 1.21. The standard InChI is InChI=1S/C13H18N2O3/c1-15(6-7-16)9-12(17)10-18-13-4-2-11(8-14)3-5-13/h2-5,12,16-17H,6-7,9-10H2,1H3/t12-/m1/s1. The molecule has 1 atom stereocenters. The van der Waals surface area contributed by atoms with Crippen molar-refractivity contribution < 1.29 is 14.9 Å². The first-order chi connectivity index (χ1) is 8.65. The van der Waals surface area contributed by atoms with Gasteiger partial charge in [-0.15, -0.1) is 0 Å².